The lowest BCUT2D eigenvalue weighted by Crippen LogP contribution is -2.24. The van der Waals surface area contributed by atoms with Crippen molar-refractivity contribution in [2.24, 2.45) is 0 Å². The molecule has 0 bridgehead atoms. The summed E-state index contributed by atoms with van der Waals surface area (Å²) < 4.78 is 5.92. The summed E-state index contributed by atoms with van der Waals surface area (Å²) in [6, 6.07) is 0. The molecule has 1 aromatic heterocycles. The molecular formula is C8H11IN2O2. The highest BCUT2D eigenvalue weighted by Crippen LogP contribution is 2.14. The van der Waals surface area contributed by atoms with Crippen molar-refractivity contribution in [2.75, 3.05) is 0 Å². The number of H-pyrrole nitrogens is 1. The minimum absolute atomic E-state index is 0.366. The van der Waals surface area contributed by atoms with Gasteiger partial charge in [-0.2, -0.15) is 5.10 Å². The molecule has 1 heterocycles. The van der Waals surface area contributed by atoms with Gasteiger partial charge < -0.3 is 4.74 Å². The SMILES string of the molecule is CC(C)(C)OC(=O)c1[nH]ncc1I. The van der Waals surface area contributed by atoms with Gasteiger partial charge in [0.2, 0.25) is 0 Å². The zero-order valence-corrected chi connectivity index (χ0v) is 9.88. The highest BCUT2D eigenvalue weighted by Gasteiger charge is 2.20. The fourth-order valence-corrected chi connectivity index (χ4v) is 1.22. The summed E-state index contributed by atoms with van der Waals surface area (Å²) in [7, 11) is 0. The second kappa shape index (κ2) is 3.65. The fourth-order valence-electron chi connectivity index (χ4n) is 0.744. The molecule has 0 aliphatic rings. The van der Waals surface area contributed by atoms with E-state index in [0.29, 0.717) is 5.69 Å². The average molecular weight is 294 g/mol. The summed E-state index contributed by atoms with van der Waals surface area (Å²) in [5.41, 5.74) is -0.0545. The summed E-state index contributed by atoms with van der Waals surface area (Å²) >= 11 is 2.03. The highest BCUT2D eigenvalue weighted by atomic mass is 127. The molecule has 1 N–H and O–H groups in total. The summed E-state index contributed by atoms with van der Waals surface area (Å²) in [5.74, 6) is -0.366. The second-order valence-corrected chi connectivity index (χ2v) is 4.76. The molecule has 0 saturated carbocycles. The number of aromatic nitrogens is 2. The average Bonchev–Trinajstić information content (AvgIpc) is 2.30. The fraction of sp³-hybridized carbons (Fsp3) is 0.500. The summed E-state index contributed by atoms with van der Waals surface area (Å²) in [5, 5.41) is 6.34. The quantitative estimate of drug-likeness (QED) is 0.636. The molecule has 72 valence electrons. The zero-order valence-electron chi connectivity index (χ0n) is 7.72. The van der Waals surface area contributed by atoms with Crippen molar-refractivity contribution in [3.8, 4) is 0 Å². The first-order valence-corrected chi connectivity index (χ1v) is 4.90. The van der Waals surface area contributed by atoms with Gasteiger partial charge >= 0.3 is 5.97 Å². The van der Waals surface area contributed by atoms with Crippen LogP contribution in [-0.4, -0.2) is 21.8 Å². The van der Waals surface area contributed by atoms with Gasteiger partial charge in [-0.05, 0) is 43.4 Å². The highest BCUT2D eigenvalue weighted by molar-refractivity contribution is 14.1. The minimum atomic E-state index is -0.467. The Labute approximate surface area is 90.2 Å². The molecule has 1 aromatic rings. The van der Waals surface area contributed by atoms with Gasteiger partial charge in [0.05, 0.1) is 9.77 Å². The normalized spacial score (nSPS) is 11.4. The van der Waals surface area contributed by atoms with Crippen molar-refractivity contribution >= 4 is 28.6 Å². The van der Waals surface area contributed by atoms with Gasteiger partial charge in [-0.3, -0.25) is 5.10 Å². The molecule has 0 aliphatic carbocycles. The molecule has 5 heteroatoms. The number of rotatable bonds is 1. The number of nitrogens with zero attached hydrogens (tertiary/aromatic N) is 1. The number of hydrogen-bond acceptors (Lipinski definition) is 3. The van der Waals surface area contributed by atoms with E-state index in [9.17, 15) is 4.79 Å². The topological polar surface area (TPSA) is 55.0 Å². The lowest BCUT2D eigenvalue weighted by molar-refractivity contribution is 0.00616. The number of ether oxygens (including phenoxy) is 1. The van der Waals surface area contributed by atoms with Crippen molar-refractivity contribution in [2.45, 2.75) is 26.4 Å². The van der Waals surface area contributed by atoms with E-state index in [-0.39, 0.29) is 5.97 Å². The Balaban J connectivity index is 2.76. The van der Waals surface area contributed by atoms with Crippen LogP contribution in [0.15, 0.2) is 6.20 Å². The maximum Gasteiger partial charge on any atom is 0.357 e. The van der Waals surface area contributed by atoms with E-state index < -0.39 is 5.60 Å². The molecule has 0 saturated heterocycles. The van der Waals surface area contributed by atoms with Gasteiger partial charge in [0.1, 0.15) is 5.60 Å². The van der Waals surface area contributed by atoms with Crippen LogP contribution in [0.3, 0.4) is 0 Å². The van der Waals surface area contributed by atoms with Crippen LogP contribution in [0.4, 0.5) is 0 Å². The Morgan fingerprint density at radius 3 is 2.62 bits per heavy atom. The van der Waals surface area contributed by atoms with Crippen molar-refractivity contribution in [3.05, 3.63) is 15.5 Å². The Morgan fingerprint density at radius 2 is 2.23 bits per heavy atom. The number of aromatic amines is 1. The first-order chi connectivity index (χ1) is 5.90. The van der Waals surface area contributed by atoms with Crippen LogP contribution in [0.5, 0.6) is 0 Å². The third kappa shape index (κ3) is 2.98. The van der Waals surface area contributed by atoms with Crippen molar-refractivity contribution in [1.82, 2.24) is 10.2 Å². The Bertz CT molecular complexity index is 314. The number of nitrogens with one attached hydrogen (secondary N) is 1. The monoisotopic (exact) mass is 294 g/mol. The first-order valence-electron chi connectivity index (χ1n) is 3.82. The van der Waals surface area contributed by atoms with Crippen LogP contribution >= 0.6 is 22.6 Å². The summed E-state index contributed by atoms with van der Waals surface area (Å²) in [4.78, 5) is 11.4. The van der Waals surface area contributed by atoms with Crippen LogP contribution in [0.1, 0.15) is 31.3 Å². The van der Waals surface area contributed by atoms with Gasteiger partial charge in [0, 0.05) is 0 Å². The molecule has 0 amide bonds. The lowest BCUT2D eigenvalue weighted by atomic mass is 10.2. The Kier molecular flexibility index (Phi) is 2.94. The minimum Gasteiger partial charge on any atom is -0.455 e. The zero-order chi connectivity index (χ0) is 10.1. The summed E-state index contributed by atoms with van der Waals surface area (Å²) in [6.45, 7) is 5.48. The Morgan fingerprint density at radius 1 is 1.62 bits per heavy atom. The molecule has 0 atom stereocenters. The number of hydrogen-bond donors (Lipinski definition) is 1. The molecule has 0 spiro atoms. The lowest BCUT2D eigenvalue weighted by Gasteiger charge is -2.18. The molecule has 0 radical (unpaired) electrons. The van der Waals surface area contributed by atoms with E-state index in [4.69, 9.17) is 4.74 Å². The largest absolute Gasteiger partial charge is 0.455 e. The molecule has 0 unspecified atom stereocenters. The standard InChI is InChI=1S/C8H11IN2O2/c1-8(2,3)13-7(12)6-5(9)4-10-11-6/h4H,1-3H3,(H,10,11). The number of esters is 1. The van der Waals surface area contributed by atoms with E-state index >= 15 is 0 Å². The molecule has 4 nitrogen and oxygen atoms in total. The molecule has 13 heavy (non-hydrogen) atoms. The molecule has 0 fully saturated rings. The number of carbonyl (C=O) groups is 1. The number of halogens is 1. The van der Waals surface area contributed by atoms with Crippen LogP contribution in [0.25, 0.3) is 0 Å². The Hall–Kier alpha value is -0.590. The van der Waals surface area contributed by atoms with Crippen LogP contribution in [0, 0.1) is 3.57 Å². The van der Waals surface area contributed by atoms with Gasteiger partial charge in [0.25, 0.3) is 0 Å². The van der Waals surface area contributed by atoms with Gasteiger partial charge in [0.15, 0.2) is 5.69 Å². The van der Waals surface area contributed by atoms with Crippen LogP contribution in [0.2, 0.25) is 0 Å². The van der Waals surface area contributed by atoms with E-state index in [1.165, 1.54) is 0 Å². The van der Waals surface area contributed by atoms with Gasteiger partial charge in [-0.25, -0.2) is 4.79 Å². The maximum absolute atomic E-state index is 11.4. The van der Waals surface area contributed by atoms with E-state index in [0.717, 1.165) is 3.57 Å². The first kappa shape index (κ1) is 10.5. The molecule has 1 rings (SSSR count). The van der Waals surface area contributed by atoms with E-state index in [2.05, 4.69) is 10.2 Å². The number of carbonyl (C=O) groups excluding carboxylic acids is 1. The third-order valence-electron chi connectivity index (χ3n) is 1.20. The van der Waals surface area contributed by atoms with E-state index in [1.54, 1.807) is 6.20 Å². The third-order valence-corrected chi connectivity index (χ3v) is 2.01. The van der Waals surface area contributed by atoms with Crippen LogP contribution < -0.4 is 0 Å². The molecular weight excluding hydrogens is 283 g/mol. The van der Waals surface area contributed by atoms with Crippen LogP contribution in [-0.2, 0) is 4.74 Å². The van der Waals surface area contributed by atoms with Crippen molar-refractivity contribution in [3.63, 3.8) is 0 Å². The van der Waals surface area contributed by atoms with Crippen molar-refractivity contribution < 1.29 is 9.53 Å². The maximum atomic E-state index is 11.4. The van der Waals surface area contributed by atoms with Crippen molar-refractivity contribution in [1.29, 1.82) is 0 Å². The predicted octanol–water partition coefficient (Wildman–Crippen LogP) is 1.97. The smallest absolute Gasteiger partial charge is 0.357 e. The van der Waals surface area contributed by atoms with Gasteiger partial charge in [-0.15, -0.1) is 0 Å². The summed E-state index contributed by atoms with van der Waals surface area (Å²) in [6.07, 6.45) is 1.58. The molecule has 0 aromatic carbocycles. The second-order valence-electron chi connectivity index (χ2n) is 3.59. The van der Waals surface area contributed by atoms with Gasteiger partial charge in [-0.1, -0.05) is 0 Å². The predicted molar refractivity (Wildman–Crippen MR) is 56.5 cm³/mol. The molecule has 0 aliphatic heterocycles. The van der Waals surface area contributed by atoms with E-state index in [1.807, 2.05) is 43.4 Å².